The Bertz CT molecular complexity index is 717. The predicted octanol–water partition coefficient (Wildman–Crippen LogP) is 4.27. The maximum Gasteiger partial charge on any atom is 0.284 e. The van der Waals surface area contributed by atoms with Crippen LogP contribution in [-0.2, 0) is 0 Å². The van der Waals surface area contributed by atoms with E-state index in [4.69, 9.17) is 0 Å². The summed E-state index contributed by atoms with van der Waals surface area (Å²) in [6.45, 7) is 0. The van der Waals surface area contributed by atoms with E-state index < -0.39 is 0 Å². The number of carbonyl (C=O) groups is 1. The molecule has 0 aliphatic rings. The molecule has 100 valence electrons. The first-order valence-electron chi connectivity index (χ1n) is 6.07. The van der Waals surface area contributed by atoms with E-state index in [0.717, 1.165) is 15.9 Å². The van der Waals surface area contributed by atoms with E-state index in [2.05, 4.69) is 10.3 Å². The summed E-state index contributed by atoms with van der Waals surface area (Å²) in [7, 11) is 0. The normalized spacial score (nSPS) is 10.7. The molecule has 0 spiro atoms. The van der Waals surface area contributed by atoms with Crippen LogP contribution in [0.2, 0.25) is 0 Å². The van der Waals surface area contributed by atoms with E-state index in [1.165, 1.54) is 16.2 Å². The van der Waals surface area contributed by atoms with Crippen molar-refractivity contribution in [1.82, 2.24) is 4.98 Å². The number of nitrogens with one attached hydrogen (secondary N) is 1. The zero-order valence-electron chi connectivity index (χ0n) is 10.8. The molecule has 1 heterocycles. The van der Waals surface area contributed by atoms with Crippen LogP contribution in [0.5, 0.6) is 0 Å². The molecule has 0 bridgehead atoms. The number of anilines is 1. The molecule has 5 heteroatoms. The maximum absolute atomic E-state index is 12.2. The molecule has 0 aliphatic carbocycles. The lowest BCUT2D eigenvalue weighted by molar-refractivity contribution is 0.102. The van der Waals surface area contributed by atoms with Crippen molar-refractivity contribution in [2.45, 2.75) is 4.90 Å². The van der Waals surface area contributed by atoms with Gasteiger partial charge < -0.3 is 5.32 Å². The van der Waals surface area contributed by atoms with Crippen LogP contribution in [0, 0.1) is 0 Å². The molecule has 2 aromatic carbocycles. The summed E-state index contributed by atoms with van der Waals surface area (Å²) in [5, 5.41) is 3.36. The molecule has 1 aromatic heterocycles. The van der Waals surface area contributed by atoms with Gasteiger partial charge in [0.05, 0.1) is 10.2 Å². The van der Waals surface area contributed by atoms with Crippen molar-refractivity contribution in [2.24, 2.45) is 0 Å². The SMILES string of the molecule is CSc1ccc(NC(=O)c2nc3ccccc3s2)cc1. The van der Waals surface area contributed by atoms with Gasteiger partial charge in [0.1, 0.15) is 0 Å². The molecule has 0 saturated carbocycles. The van der Waals surface area contributed by atoms with Crippen molar-refractivity contribution in [2.75, 3.05) is 11.6 Å². The Morgan fingerprint density at radius 2 is 1.90 bits per heavy atom. The highest BCUT2D eigenvalue weighted by Crippen LogP contribution is 2.23. The molecule has 1 N–H and O–H groups in total. The quantitative estimate of drug-likeness (QED) is 0.734. The minimum atomic E-state index is -0.164. The van der Waals surface area contributed by atoms with Gasteiger partial charge in [0.2, 0.25) is 0 Å². The fourth-order valence-corrected chi connectivity index (χ4v) is 3.10. The third-order valence-corrected chi connectivity index (χ3v) is 4.61. The number of thioether (sulfide) groups is 1. The Morgan fingerprint density at radius 1 is 1.15 bits per heavy atom. The van der Waals surface area contributed by atoms with E-state index in [0.29, 0.717) is 5.01 Å². The second kappa shape index (κ2) is 5.64. The molecule has 0 fully saturated rings. The van der Waals surface area contributed by atoms with Gasteiger partial charge >= 0.3 is 0 Å². The standard InChI is InChI=1S/C15H12N2OS2/c1-19-11-8-6-10(7-9-11)16-14(18)15-17-12-4-2-3-5-13(12)20-15/h2-9H,1H3,(H,16,18). The highest BCUT2D eigenvalue weighted by Gasteiger charge is 2.12. The van der Waals surface area contributed by atoms with Gasteiger partial charge in [-0.15, -0.1) is 23.1 Å². The van der Waals surface area contributed by atoms with E-state index in [1.807, 2.05) is 54.8 Å². The van der Waals surface area contributed by atoms with Gasteiger partial charge in [-0.2, -0.15) is 0 Å². The fraction of sp³-hybridized carbons (Fsp3) is 0.0667. The topological polar surface area (TPSA) is 42.0 Å². The molecule has 0 aliphatic heterocycles. The second-order valence-corrected chi connectivity index (χ2v) is 6.08. The van der Waals surface area contributed by atoms with E-state index in [1.54, 1.807) is 11.8 Å². The van der Waals surface area contributed by atoms with Gasteiger partial charge in [-0.1, -0.05) is 12.1 Å². The number of benzene rings is 2. The van der Waals surface area contributed by atoms with Gasteiger partial charge in [0, 0.05) is 10.6 Å². The summed E-state index contributed by atoms with van der Waals surface area (Å²) >= 11 is 3.08. The highest BCUT2D eigenvalue weighted by atomic mass is 32.2. The van der Waals surface area contributed by atoms with Crippen molar-refractivity contribution in [1.29, 1.82) is 0 Å². The number of fused-ring (bicyclic) bond motifs is 1. The van der Waals surface area contributed by atoms with Crippen LogP contribution < -0.4 is 5.32 Å². The Kier molecular flexibility index (Phi) is 3.71. The van der Waals surface area contributed by atoms with Gasteiger partial charge in [0.15, 0.2) is 5.01 Å². The minimum absolute atomic E-state index is 0.164. The lowest BCUT2D eigenvalue weighted by Gasteiger charge is -2.03. The van der Waals surface area contributed by atoms with Gasteiger partial charge in [-0.3, -0.25) is 4.79 Å². The largest absolute Gasteiger partial charge is 0.320 e. The number of nitrogens with zero attached hydrogens (tertiary/aromatic N) is 1. The number of amides is 1. The van der Waals surface area contributed by atoms with Crippen LogP contribution in [0.15, 0.2) is 53.4 Å². The minimum Gasteiger partial charge on any atom is -0.320 e. The van der Waals surface area contributed by atoms with Crippen LogP contribution in [-0.4, -0.2) is 17.1 Å². The molecule has 3 aromatic rings. The molecule has 3 nitrogen and oxygen atoms in total. The Labute approximate surface area is 125 Å². The first-order valence-corrected chi connectivity index (χ1v) is 8.11. The van der Waals surface area contributed by atoms with Gasteiger partial charge in [0.25, 0.3) is 5.91 Å². The van der Waals surface area contributed by atoms with Crippen LogP contribution in [0.1, 0.15) is 9.80 Å². The van der Waals surface area contributed by atoms with Crippen molar-refractivity contribution < 1.29 is 4.79 Å². The Balaban J connectivity index is 1.81. The summed E-state index contributed by atoms with van der Waals surface area (Å²) in [4.78, 5) is 17.7. The van der Waals surface area contributed by atoms with E-state index in [-0.39, 0.29) is 5.91 Å². The summed E-state index contributed by atoms with van der Waals surface area (Å²) in [6.07, 6.45) is 2.02. The molecular weight excluding hydrogens is 288 g/mol. The van der Waals surface area contributed by atoms with Crippen LogP contribution >= 0.6 is 23.1 Å². The molecule has 0 unspecified atom stereocenters. The third kappa shape index (κ3) is 2.69. The molecule has 3 rings (SSSR count). The monoisotopic (exact) mass is 300 g/mol. The molecule has 0 radical (unpaired) electrons. The number of thiazole rings is 1. The smallest absolute Gasteiger partial charge is 0.284 e. The highest BCUT2D eigenvalue weighted by molar-refractivity contribution is 7.98. The van der Waals surface area contributed by atoms with Crippen LogP contribution in [0.4, 0.5) is 5.69 Å². The first kappa shape index (κ1) is 13.1. The van der Waals surface area contributed by atoms with E-state index in [9.17, 15) is 4.79 Å². The average molecular weight is 300 g/mol. The Hall–Kier alpha value is -1.85. The number of carbonyl (C=O) groups excluding carboxylic acids is 1. The molecule has 1 amide bonds. The van der Waals surface area contributed by atoms with Crippen LogP contribution in [0.3, 0.4) is 0 Å². The number of hydrogen-bond donors (Lipinski definition) is 1. The lowest BCUT2D eigenvalue weighted by Crippen LogP contribution is -2.11. The number of aromatic nitrogens is 1. The fourth-order valence-electron chi connectivity index (χ4n) is 1.83. The Morgan fingerprint density at radius 3 is 2.60 bits per heavy atom. The van der Waals surface area contributed by atoms with Gasteiger partial charge in [-0.25, -0.2) is 4.98 Å². The summed E-state index contributed by atoms with van der Waals surface area (Å²) in [6, 6.07) is 15.5. The zero-order chi connectivity index (χ0) is 13.9. The summed E-state index contributed by atoms with van der Waals surface area (Å²) in [5.41, 5.74) is 1.65. The number of hydrogen-bond acceptors (Lipinski definition) is 4. The third-order valence-electron chi connectivity index (χ3n) is 2.84. The predicted molar refractivity (Wildman–Crippen MR) is 85.8 cm³/mol. The first-order chi connectivity index (χ1) is 9.76. The zero-order valence-corrected chi connectivity index (χ0v) is 12.4. The lowest BCUT2D eigenvalue weighted by atomic mass is 10.3. The number of rotatable bonds is 3. The molecule has 0 atom stereocenters. The molecule has 20 heavy (non-hydrogen) atoms. The summed E-state index contributed by atoms with van der Waals surface area (Å²) < 4.78 is 1.02. The number of para-hydroxylation sites is 1. The van der Waals surface area contributed by atoms with Crippen molar-refractivity contribution in [3.8, 4) is 0 Å². The second-order valence-electron chi connectivity index (χ2n) is 4.17. The van der Waals surface area contributed by atoms with Crippen molar-refractivity contribution in [3.63, 3.8) is 0 Å². The van der Waals surface area contributed by atoms with Crippen molar-refractivity contribution in [3.05, 3.63) is 53.5 Å². The van der Waals surface area contributed by atoms with Gasteiger partial charge in [-0.05, 0) is 42.7 Å². The summed E-state index contributed by atoms with van der Waals surface area (Å²) in [5.74, 6) is -0.164. The molecule has 0 saturated heterocycles. The van der Waals surface area contributed by atoms with Crippen LogP contribution in [0.25, 0.3) is 10.2 Å². The van der Waals surface area contributed by atoms with E-state index >= 15 is 0 Å². The van der Waals surface area contributed by atoms with Crippen molar-refractivity contribution >= 4 is 44.9 Å². The maximum atomic E-state index is 12.2. The molecular formula is C15H12N2OS2. The average Bonchev–Trinajstić information content (AvgIpc) is 2.92.